The van der Waals surface area contributed by atoms with Crippen molar-refractivity contribution in [1.82, 2.24) is 4.90 Å². The van der Waals surface area contributed by atoms with E-state index in [1.54, 1.807) is 6.07 Å². The Kier molecular flexibility index (Phi) is 4.35. The van der Waals surface area contributed by atoms with Crippen molar-refractivity contribution >= 4 is 21.8 Å². The number of halogens is 2. The van der Waals surface area contributed by atoms with Crippen LogP contribution in [0, 0.1) is 5.82 Å². The fraction of sp³-hybridized carbons (Fsp3) is 0.462. The topological polar surface area (TPSA) is 46.3 Å². The lowest BCUT2D eigenvalue weighted by Crippen LogP contribution is -2.47. The van der Waals surface area contributed by atoms with E-state index in [2.05, 4.69) is 20.8 Å². The predicted octanol–water partition coefficient (Wildman–Crippen LogP) is 2.43. The summed E-state index contributed by atoms with van der Waals surface area (Å²) in [6, 6.07) is 4.42. The number of nitrogens with zero attached hydrogens (tertiary/aromatic N) is 1. The van der Waals surface area contributed by atoms with Crippen LogP contribution in [0.15, 0.2) is 22.7 Å². The minimum atomic E-state index is -0.270. The van der Waals surface area contributed by atoms with E-state index in [1.807, 2.05) is 0 Å². The number of carbonyl (C=O) groups is 1. The Labute approximate surface area is 114 Å². The molecule has 0 aromatic heterocycles. The van der Waals surface area contributed by atoms with Gasteiger partial charge in [0.25, 0.3) is 0 Å². The maximum atomic E-state index is 13.0. The lowest BCUT2D eigenvalue weighted by Gasteiger charge is -2.33. The van der Waals surface area contributed by atoms with Crippen molar-refractivity contribution in [2.75, 3.05) is 6.54 Å². The van der Waals surface area contributed by atoms with Crippen molar-refractivity contribution in [1.29, 1.82) is 0 Å². The fourth-order valence-electron chi connectivity index (χ4n) is 2.37. The molecular formula is C13H16BrFN2O. The second-order valence-corrected chi connectivity index (χ2v) is 5.47. The molecule has 1 aliphatic rings. The van der Waals surface area contributed by atoms with Crippen LogP contribution in [0.2, 0.25) is 0 Å². The molecule has 1 atom stereocenters. The molecule has 0 bridgehead atoms. The van der Waals surface area contributed by atoms with Crippen molar-refractivity contribution in [2.45, 2.75) is 31.8 Å². The molecule has 1 unspecified atom stereocenters. The molecule has 1 amide bonds. The summed E-state index contributed by atoms with van der Waals surface area (Å²) in [7, 11) is 0. The predicted molar refractivity (Wildman–Crippen MR) is 71.3 cm³/mol. The normalized spacial score (nSPS) is 20.9. The first-order chi connectivity index (χ1) is 8.58. The second kappa shape index (κ2) is 5.80. The van der Waals surface area contributed by atoms with Gasteiger partial charge in [-0.1, -0.05) is 28.4 Å². The van der Waals surface area contributed by atoms with Gasteiger partial charge in [0.1, 0.15) is 5.82 Å². The molecule has 0 saturated carbocycles. The molecule has 3 nitrogen and oxygen atoms in total. The molecule has 1 heterocycles. The van der Waals surface area contributed by atoms with Gasteiger partial charge in [-0.25, -0.2) is 4.39 Å². The average Bonchev–Trinajstić information content (AvgIpc) is 2.33. The molecule has 1 aromatic carbocycles. The molecule has 1 aromatic rings. The van der Waals surface area contributed by atoms with Crippen molar-refractivity contribution < 1.29 is 9.18 Å². The minimum Gasteiger partial charge on any atom is -0.368 e. The number of amides is 1. The van der Waals surface area contributed by atoms with Crippen LogP contribution in [0.1, 0.15) is 24.8 Å². The highest BCUT2D eigenvalue weighted by molar-refractivity contribution is 9.10. The van der Waals surface area contributed by atoms with Gasteiger partial charge in [-0.3, -0.25) is 9.69 Å². The van der Waals surface area contributed by atoms with Crippen molar-refractivity contribution in [3.8, 4) is 0 Å². The third-order valence-corrected chi connectivity index (χ3v) is 4.07. The number of carbonyl (C=O) groups excluding carboxylic acids is 1. The Bertz CT molecular complexity index is 453. The van der Waals surface area contributed by atoms with E-state index in [9.17, 15) is 9.18 Å². The standard InChI is InChI=1S/C13H16BrFN2O/c14-11-7-10(15)5-4-9(11)8-17-6-2-1-3-12(17)13(16)18/h4-5,7,12H,1-3,6,8H2,(H2,16,18). The van der Waals surface area contributed by atoms with E-state index in [1.165, 1.54) is 12.1 Å². The SMILES string of the molecule is NC(=O)C1CCCCN1Cc1ccc(F)cc1Br. The maximum absolute atomic E-state index is 13.0. The number of hydrogen-bond donors (Lipinski definition) is 1. The fourth-order valence-corrected chi connectivity index (χ4v) is 2.85. The highest BCUT2D eigenvalue weighted by Crippen LogP contribution is 2.24. The van der Waals surface area contributed by atoms with Gasteiger partial charge in [0.15, 0.2) is 0 Å². The monoisotopic (exact) mass is 314 g/mol. The smallest absolute Gasteiger partial charge is 0.234 e. The third-order valence-electron chi connectivity index (χ3n) is 3.33. The van der Waals surface area contributed by atoms with Crippen molar-refractivity contribution in [3.63, 3.8) is 0 Å². The van der Waals surface area contributed by atoms with Gasteiger partial charge in [-0.15, -0.1) is 0 Å². The van der Waals surface area contributed by atoms with Crippen molar-refractivity contribution in [2.24, 2.45) is 5.73 Å². The largest absolute Gasteiger partial charge is 0.368 e. The Morgan fingerprint density at radius 3 is 2.94 bits per heavy atom. The van der Waals surface area contributed by atoms with Crippen LogP contribution in [-0.4, -0.2) is 23.4 Å². The minimum absolute atomic E-state index is 0.198. The van der Waals surface area contributed by atoms with Gasteiger partial charge in [0.2, 0.25) is 5.91 Å². The van der Waals surface area contributed by atoms with Gasteiger partial charge >= 0.3 is 0 Å². The zero-order chi connectivity index (χ0) is 13.1. The summed E-state index contributed by atoms with van der Waals surface area (Å²) >= 11 is 3.35. The number of nitrogens with two attached hydrogens (primary N) is 1. The lowest BCUT2D eigenvalue weighted by atomic mass is 10.0. The van der Waals surface area contributed by atoms with Crippen LogP contribution in [0.25, 0.3) is 0 Å². The molecule has 98 valence electrons. The van der Waals surface area contributed by atoms with Gasteiger partial charge in [0.05, 0.1) is 6.04 Å². The summed E-state index contributed by atoms with van der Waals surface area (Å²) < 4.78 is 13.7. The number of primary amides is 1. The number of benzene rings is 1. The average molecular weight is 315 g/mol. The molecule has 0 aliphatic carbocycles. The van der Waals surface area contributed by atoms with E-state index in [4.69, 9.17) is 5.73 Å². The number of likely N-dealkylation sites (tertiary alicyclic amines) is 1. The summed E-state index contributed by atoms with van der Waals surface area (Å²) in [5.74, 6) is -0.538. The van der Waals surface area contributed by atoms with Gasteiger partial charge < -0.3 is 5.73 Å². The Hall–Kier alpha value is -0.940. The number of rotatable bonds is 3. The molecule has 0 spiro atoms. The van der Waals surface area contributed by atoms with Crippen LogP contribution in [0.4, 0.5) is 4.39 Å². The molecule has 18 heavy (non-hydrogen) atoms. The van der Waals surface area contributed by atoms with E-state index in [0.29, 0.717) is 6.54 Å². The van der Waals surface area contributed by atoms with E-state index < -0.39 is 0 Å². The maximum Gasteiger partial charge on any atom is 0.234 e. The quantitative estimate of drug-likeness (QED) is 0.931. The molecule has 0 radical (unpaired) electrons. The highest BCUT2D eigenvalue weighted by Gasteiger charge is 2.27. The Morgan fingerprint density at radius 2 is 2.28 bits per heavy atom. The Balaban J connectivity index is 2.13. The molecule has 2 N–H and O–H groups in total. The van der Waals surface area contributed by atoms with E-state index >= 15 is 0 Å². The first kappa shape index (κ1) is 13.5. The molecule has 5 heteroatoms. The van der Waals surface area contributed by atoms with Crippen LogP contribution in [0.3, 0.4) is 0 Å². The van der Waals surface area contributed by atoms with Crippen LogP contribution < -0.4 is 5.73 Å². The summed E-state index contributed by atoms with van der Waals surface area (Å²) in [6.07, 6.45) is 2.92. The van der Waals surface area contributed by atoms with Crippen LogP contribution in [0.5, 0.6) is 0 Å². The van der Waals surface area contributed by atoms with E-state index in [-0.39, 0.29) is 17.8 Å². The zero-order valence-corrected chi connectivity index (χ0v) is 11.6. The third kappa shape index (κ3) is 3.09. The lowest BCUT2D eigenvalue weighted by molar-refractivity contribution is -0.124. The molecular weight excluding hydrogens is 299 g/mol. The summed E-state index contributed by atoms with van der Waals surface area (Å²) in [5.41, 5.74) is 6.40. The molecule has 1 aliphatic heterocycles. The van der Waals surface area contributed by atoms with Crippen LogP contribution >= 0.6 is 15.9 Å². The molecule has 1 fully saturated rings. The van der Waals surface area contributed by atoms with Gasteiger partial charge in [-0.05, 0) is 37.1 Å². The molecule has 1 saturated heterocycles. The van der Waals surface area contributed by atoms with E-state index in [0.717, 1.165) is 35.8 Å². The summed E-state index contributed by atoms with van der Waals surface area (Å²) in [6.45, 7) is 1.48. The van der Waals surface area contributed by atoms with Gasteiger partial charge in [0, 0.05) is 11.0 Å². The summed E-state index contributed by atoms with van der Waals surface area (Å²) in [5, 5.41) is 0. The first-order valence-electron chi connectivity index (χ1n) is 6.05. The Morgan fingerprint density at radius 1 is 1.50 bits per heavy atom. The number of hydrogen-bond acceptors (Lipinski definition) is 2. The molecule has 2 rings (SSSR count). The highest BCUT2D eigenvalue weighted by atomic mass is 79.9. The number of piperidine rings is 1. The van der Waals surface area contributed by atoms with Crippen molar-refractivity contribution in [3.05, 3.63) is 34.1 Å². The summed E-state index contributed by atoms with van der Waals surface area (Å²) in [4.78, 5) is 13.5. The zero-order valence-electron chi connectivity index (χ0n) is 10.0. The van der Waals surface area contributed by atoms with Crippen LogP contribution in [-0.2, 0) is 11.3 Å². The second-order valence-electron chi connectivity index (χ2n) is 4.62. The van der Waals surface area contributed by atoms with Gasteiger partial charge in [-0.2, -0.15) is 0 Å². The first-order valence-corrected chi connectivity index (χ1v) is 6.84.